The lowest BCUT2D eigenvalue weighted by Gasteiger charge is -2.19. The Morgan fingerprint density at radius 2 is 2.06 bits per heavy atom. The van der Waals surface area contributed by atoms with Crippen LogP contribution in [0.3, 0.4) is 0 Å². The number of nitrogens with zero attached hydrogens (tertiary/aromatic N) is 1. The third kappa shape index (κ3) is 4.61. The van der Waals surface area contributed by atoms with Gasteiger partial charge < -0.3 is 9.47 Å². The van der Waals surface area contributed by atoms with E-state index >= 15 is 0 Å². The summed E-state index contributed by atoms with van der Waals surface area (Å²) in [5, 5.41) is 0.329. The molecule has 0 aliphatic carbocycles. The van der Waals surface area contributed by atoms with E-state index in [9.17, 15) is 4.79 Å². The molecule has 0 fully saturated rings. The van der Waals surface area contributed by atoms with Crippen molar-refractivity contribution in [3.8, 4) is 5.88 Å². The summed E-state index contributed by atoms with van der Waals surface area (Å²) < 4.78 is 10.3. The van der Waals surface area contributed by atoms with Gasteiger partial charge in [0.1, 0.15) is 10.8 Å². The van der Waals surface area contributed by atoms with Gasteiger partial charge in [-0.25, -0.2) is 4.98 Å². The van der Waals surface area contributed by atoms with Gasteiger partial charge in [-0.15, -0.1) is 0 Å². The van der Waals surface area contributed by atoms with E-state index in [4.69, 9.17) is 21.1 Å². The number of aromatic nitrogens is 1. The van der Waals surface area contributed by atoms with Crippen molar-refractivity contribution in [2.45, 2.75) is 32.8 Å². The number of rotatable bonds is 3. The lowest BCUT2D eigenvalue weighted by molar-refractivity contribution is -0.153. The summed E-state index contributed by atoms with van der Waals surface area (Å²) in [5.41, 5.74) is 0.163. The Bertz CT molecular complexity index is 413. The largest absolute Gasteiger partial charge is 0.481 e. The molecule has 0 spiro atoms. The minimum atomic E-state index is -0.496. The normalized spacial score (nSPS) is 11.1. The minimum Gasteiger partial charge on any atom is -0.481 e. The van der Waals surface area contributed by atoms with Crippen LogP contribution in [0, 0.1) is 0 Å². The summed E-state index contributed by atoms with van der Waals surface area (Å²) in [5.74, 6) is 0.0308. The van der Waals surface area contributed by atoms with Gasteiger partial charge in [0.15, 0.2) is 0 Å². The van der Waals surface area contributed by atoms with Crippen molar-refractivity contribution in [1.82, 2.24) is 4.98 Å². The van der Waals surface area contributed by atoms with Gasteiger partial charge in [0.2, 0.25) is 5.88 Å². The highest BCUT2D eigenvalue weighted by molar-refractivity contribution is 6.29. The number of halogens is 1. The average molecular weight is 258 g/mol. The number of pyridine rings is 1. The maximum atomic E-state index is 11.6. The molecule has 0 saturated carbocycles. The Hall–Kier alpha value is -1.29. The SMILES string of the molecule is COc1nc(Cl)ccc1CC(=O)OC(C)(C)C. The highest BCUT2D eigenvalue weighted by Gasteiger charge is 2.18. The number of carbonyl (C=O) groups excluding carboxylic acids is 1. The number of hydrogen-bond donors (Lipinski definition) is 0. The van der Waals surface area contributed by atoms with Gasteiger partial charge in [-0.05, 0) is 26.8 Å². The van der Waals surface area contributed by atoms with Crippen molar-refractivity contribution in [2.75, 3.05) is 7.11 Å². The van der Waals surface area contributed by atoms with Crippen molar-refractivity contribution < 1.29 is 14.3 Å². The molecule has 0 atom stereocenters. The topological polar surface area (TPSA) is 48.4 Å². The molecule has 1 heterocycles. The van der Waals surface area contributed by atoms with Crippen LogP contribution in [0.1, 0.15) is 26.3 Å². The molecule has 1 aromatic rings. The molecular formula is C12H16ClNO3. The second kappa shape index (κ2) is 5.36. The van der Waals surface area contributed by atoms with Crippen LogP contribution in [0.2, 0.25) is 5.15 Å². The summed E-state index contributed by atoms with van der Waals surface area (Å²) >= 11 is 5.73. The zero-order chi connectivity index (χ0) is 13.1. The molecule has 0 aliphatic heterocycles. The molecule has 17 heavy (non-hydrogen) atoms. The zero-order valence-corrected chi connectivity index (χ0v) is 11.2. The van der Waals surface area contributed by atoms with Gasteiger partial charge in [0.25, 0.3) is 0 Å². The fourth-order valence-electron chi connectivity index (χ4n) is 1.29. The third-order valence-corrected chi connectivity index (χ3v) is 2.06. The number of carbonyl (C=O) groups is 1. The highest BCUT2D eigenvalue weighted by Crippen LogP contribution is 2.20. The van der Waals surface area contributed by atoms with Gasteiger partial charge >= 0.3 is 5.97 Å². The number of esters is 1. The van der Waals surface area contributed by atoms with Crippen molar-refractivity contribution in [2.24, 2.45) is 0 Å². The van der Waals surface area contributed by atoms with Crippen LogP contribution in [0.4, 0.5) is 0 Å². The highest BCUT2D eigenvalue weighted by atomic mass is 35.5. The Kier molecular flexibility index (Phi) is 4.34. The lowest BCUT2D eigenvalue weighted by atomic mass is 10.1. The smallest absolute Gasteiger partial charge is 0.310 e. The monoisotopic (exact) mass is 257 g/mol. The first-order valence-electron chi connectivity index (χ1n) is 5.23. The average Bonchev–Trinajstić information content (AvgIpc) is 2.17. The number of ether oxygens (including phenoxy) is 2. The van der Waals surface area contributed by atoms with E-state index in [-0.39, 0.29) is 12.4 Å². The predicted molar refractivity (Wildman–Crippen MR) is 65.3 cm³/mol. The molecule has 94 valence electrons. The van der Waals surface area contributed by atoms with Crippen molar-refractivity contribution in [3.63, 3.8) is 0 Å². The van der Waals surface area contributed by atoms with E-state index in [1.165, 1.54) is 7.11 Å². The van der Waals surface area contributed by atoms with E-state index in [1.54, 1.807) is 12.1 Å². The molecule has 0 amide bonds. The summed E-state index contributed by atoms with van der Waals surface area (Å²) in [6.45, 7) is 5.47. The zero-order valence-electron chi connectivity index (χ0n) is 10.4. The predicted octanol–water partition coefficient (Wildman–Crippen LogP) is 2.63. The van der Waals surface area contributed by atoms with Gasteiger partial charge in [0.05, 0.1) is 13.5 Å². The third-order valence-electron chi connectivity index (χ3n) is 1.85. The van der Waals surface area contributed by atoms with Crippen LogP contribution in [-0.2, 0) is 16.0 Å². The Morgan fingerprint density at radius 3 is 2.59 bits per heavy atom. The molecule has 1 aromatic heterocycles. The van der Waals surface area contributed by atoms with Gasteiger partial charge in [-0.1, -0.05) is 17.7 Å². The molecule has 1 rings (SSSR count). The number of methoxy groups -OCH3 is 1. The Morgan fingerprint density at radius 1 is 1.41 bits per heavy atom. The van der Waals surface area contributed by atoms with Crippen LogP contribution < -0.4 is 4.74 Å². The molecule has 5 heteroatoms. The summed E-state index contributed by atoms with van der Waals surface area (Å²) in [6, 6.07) is 3.32. The first-order chi connectivity index (χ1) is 7.81. The standard InChI is InChI=1S/C12H16ClNO3/c1-12(2,3)17-10(15)7-8-5-6-9(13)14-11(8)16-4/h5-6H,7H2,1-4H3. The Labute approximate surface area is 106 Å². The van der Waals surface area contributed by atoms with E-state index in [0.717, 1.165) is 0 Å². The fourth-order valence-corrected chi connectivity index (χ4v) is 1.43. The fraction of sp³-hybridized carbons (Fsp3) is 0.500. The molecular weight excluding hydrogens is 242 g/mol. The molecule has 0 N–H and O–H groups in total. The molecule has 0 radical (unpaired) electrons. The maximum absolute atomic E-state index is 11.6. The Balaban J connectivity index is 2.78. The summed E-state index contributed by atoms with van der Waals surface area (Å²) in [4.78, 5) is 15.6. The van der Waals surface area contributed by atoms with Crippen LogP contribution in [0.25, 0.3) is 0 Å². The van der Waals surface area contributed by atoms with Crippen molar-refractivity contribution >= 4 is 17.6 Å². The molecule has 0 unspecified atom stereocenters. The molecule has 0 saturated heterocycles. The minimum absolute atomic E-state index is 0.116. The molecule has 0 aromatic carbocycles. The van der Waals surface area contributed by atoms with E-state index in [2.05, 4.69) is 4.98 Å². The van der Waals surface area contributed by atoms with E-state index in [1.807, 2.05) is 20.8 Å². The molecule has 0 aliphatic rings. The van der Waals surface area contributed by atoms with Crippen LogP contribution in [-0.4, -0.2) is 23.7 Å². The first kappa shape index (κ1) is 13.8. The van der Waals surface area contributed by atoms with Crippen molar-refractivity contribution in [1.29, 1.82) is 0 Å². The van der Waals surface area contributed by atoms with Crippen LogP contribution in [0.5, 0.6) is 5.88 Å². The summed E-state index contributed by atoms with van der Waals surface area (Å²) in [6.07, 6.45) is 0.116. The van der Waals surface area contributed by atoms with Gasteiger partial charge in [-0.2, -0.15) is 0 Å². The maximum Gasteiger partial charge on any atom is 0.310 e. The molecule has 4 nitrogen and oxygen atoms in total. The van der Waals surface area contributed by atoms with E-state index in [0.29, 0.717) is 16.6 Å². The first-order valence-corrected chi connectivity index (χ1v) is 5.61. The van der Waals surface area contributed by atoms with Crippen LogP contribution in [0.15, 0.2) is 12.1 Å². The van der Waals surface area contributed by atoms with Gasteiger partial charge in [-0.3, -0.25) is 4.79 Å². The summed E-state index contributed by atoms with van der Waals surface area (Å²) in [7, 11) is 1.48. The number of hydrogen-bond acceptors (Lipinski definition) is 4. The van der Waals surface area contributed by atoms with Crippen molar-refractivity contribution in [3.05, 3.63) is 22.8 Å². The second-order valence-corrected chi connectivity index (χ2v) is 4.95. The lowest BCUT2D eigenvalue weighted by Crippen LogP contribution is -2.25. The molecule has 0 bridgehead atoms. The second-order valence-electron chi connectivity index (χ2n) is 4.57. The van der Waals surface area contributed by atoms with Gasteiger partial charge in [0, 0.05) is 5.56 Å². The van der Waals surface area contributed by atoms with Crippen LogP contribution >= 0.6 is 11.6 Å². The quantitative estimate of drug-likeness (QED) is 0.617. The van der Waals surface area contributed by atoms with E-state index < -0.39 is 5.60 Å².